The van der Waals surface area contributed by atoms with E-state index in [1.54, 1.807) is 0 Å². The van der Waals surface area contributed by atoms with Crippen molar-refractivity contribution in [1.82, 2.24) is 10.2 Å². The Bertz CT molecular complexity index is 810. The van der Waals surface area contributed by atoms with Gasteiger partial charge in [-0.1, -0.05) is 50.2 Å². The number of hydrogen-bond donors (Lipinski definition) is 1. The number of amides is 1. The van der Waals surface area contributed by atoms with Crippen LogP contribution in [0.15, 0.2) is 59.0 Å². The molecule has 1 heterocycles. The molecule has 5 heteroatoms. The molecular weight excluding hydrogens is 290 g/mol. The van der Waals surface area contributed by atoms with E-state index in [0.717, 1.165) is 16.8 Å². The number of rotatable bonds is 4. The highest BCUT2D eigenvalue weighted by atomic mass is 16.4. The van der Waals surface area contributed by atoms with Crippen molar-refractivity contribution in [2.45, 2.75) is 19.8 Å². The van der Waals surface area contributed by atoms with Crippen LogP contribution in [0.25, 0.3) is 11.5 Å². The number of aromatic nitrogens is 2. The summed E-state index contributed by atoms with van der Waals surface area (Å²) in [6.07, 6.45) is 0. The Morgan fingerprint density at radius 1 is 1.00 bits per heavy atom. The second kappa shape index (κ2) is 6.44. The maximum Gasteiger partial charge on any atom is 0.313 e. The molecule has 3 rings (SSSR count). The molecule has 116 valence electrons. The normalized spacial score (nSPS) is 10.7. The number of benzene rings is 2. The van der Waals surface area contributed by atoms with Crippen molar-refractivity contribution in [3.63, 3.8) is 0 Å². The molecule has 1 aromatic heterocycles. The lowest BCUT2D eigenvalue weighted by Crippen LogP contribution is -2.14. The van der Waals surface area contributed by atoms with Gasteiger partial charge in [0.1, 0.15) is 0 Å². The van der Waals surface area contributed by atoms with Crippen molar-refractivity contribution in [3.05, 3.63) is 66.1 Å². The van der Waals surface area contributed by atoms with Crippen molar-refractivity contribution in [2.75, 3.05) is 5.32 Å². The summed E-state index contributed by atoms with van der Waals surface area (Å²) in [4.78, 5) is 12.3. The van der Waals surface area contributed by atoms with Crippen LogP contribution >= 0.6 is 0 Å². The van der Waals surface area contributed by atoms with E-state index in [9.17, 15) is 4.79 Å². The topological polar surface area (TPSA) is 68.0 Å². The molecule has 1 N–H and O–H groups in total. The molecule has 2 aromatic carbocycles. The van der Waals surface area contributed by atoms with Gasteiger partial charge in [0.2, 0.25) is 5.89 Å². The maximum absolute atomic E-state index is 12.3. The molecule has 0 unspecified atom stereocenters. The third-order valence-corrected chi connectivity index (χ3v) is 3.47. The Balaban J connectivity index is 1.81. The monoisotopic (exact) mass is 307 g/mol. The van der Waals surface area contributed by atoms with E-state index in [-0.39, 0.29) is 5.89 Å². The van der Waals surface area contributed by atoms with Gasteiger partial charge in [0, 0.05) is 11.3 Å². The van der Waals surface area contributed by atoms with Gasteiger partial charge in [0.25, 0.3) is 0 Å². The Hall–Kier alpha value is -2.95. The van der Waals surface area contributed by atoms with Gasteiger partial charge in [-0.15, -0.1) is 10.2 Å². The van der Waals surface area contributed by atoms with Gasteiger partial charge in [-0.25, -0.2) is 0 Å². The second-order valence-corrected chi connectivity index (χ2v) is 5.47. The number of carbonyl (C=O) groups excluding carboxylic acids is 1. The fourth-order valence-corrected chi connectivity index (χ4v) is 2.30. The molecule has 0 saturated heterocycles. The minimum Gasteiger partial charge on any atom is -0.412 e. The lowest BCUT2D eigenvalue weighted by atomic mass is 10.0. The standard InChI is InChI=1S/C18H17N3O2/c1-12(2)14-10-6-7-11-15(14)19-16(22)18-21-20-17(23-18)13-8-4-3-5-9-13/h3-12H,1-2H3,(H,19,22). The van der Waals surface area contributed by atoms with Gasteiger partial charge >= 0.3 is 11.8 Å². The molecule has 0 fully saturated rings. The average Bonchev–Trinajstić information content (AvgIpc) is 3.06. The van der Waals surface area contributed by atoms with Crippen molar-refractivity contribution < 1.29 is 9.21 Å². The minimum absolute atomic E-state index is 0.0533. The van der Waals surface area contributed by atoms with Crippen LogP contribution in [0.3, 0.4) is 0 Å². The Kier molecular flexibility index (Phi) is 4.19. The molecule has 0 atom stereocenters. The smallest absolute Gasteiger partial charge is 0.313 e. The molecule has 5 nitrogen and oxygen atoms in total. The SMILES string of the molecule is CC(C)c1ccccc1NC(=O)c1nnc(-c2ccccc2)o1. The molecule has 0 aliphatic rings. The third kappa shape index (κ3) is 3.29. The number of para-hydroxylation sites is 1. The van der Waals surface area contributed by atoms with E-state index in [1.165, 1.54) is 0 Å². The van der Waals surface area contributed by atoms with Crippen LogP contribution in [0.5, 0.6) is 0 Å². The van der Waals surface area contributed by atoms with E-state index in [1.807, 2.05) is 54.6 Å². The first kappa shape index (κ1) is 15.0. The number of nitrogens with zero attached hydrogens (tertiary/aromatic N) is 2. The summed E-state index contributed by atoms with van der Waals surface area (Å²) >= 11 is 0. The molecule has 1 amide bonds. The summed E-state index contributed by atoms with van der Waals surface area (Å²) in [6, 6.07) is 17.0. The zero-order chi connectivity index (χ0) is 16.2. The molecule has 0 saturated carbocycles. The van der Waals surface area contributed by atoms with Gasteiger partial charge in [-0.05, 0) is 29.7 Å². The minimum atomic E-state index is -0.409. The fourth-order valence-electron chi connectivity index (χ4n) is 2.30. The van der Waals surface area contributed by atoms with E-state index in [2.05, 4.69) is 29.4 Å². The maximum atomic E-state index is 12.3. The van der Waals surface area contributed by atoms with Crippen LogP contribution in [0.2, 0.25) is 0 Å². The van der Waals surface area contributed by atoms with Gasteiger partial charge in [-0.2, -0.15) is 0 Å². The summed E-state index contributed by atoms with van der Waals surface area (Å²) in [7, 11) is 0. The summed E-state index contributed by atoms with van der Waals surface area (Å²) in [5, 5.41) is 10.6. The molecule has 0 radical (unpaired) electrons. The van der Waals surface area contributed by atoms with E-state index in [4.69, 9.17) is 4.42 Å². The lowest BCUT2D eigenvalue weighted by molar-refractivity contribution is 0.0990. The lowest BCUT2D eigenvalue weighted by Gasteiger charge is -2.12. The quantitative estimate of drug-likeness (QED) is 0.787. The Morgan fingerprint density at radius 3 is 2.43 bits per heavy atom. The fraction of sp³-hybridized carbons (Fsp3) is 0.167. The number of anilines is 1. The van der Waals surface area contributed by atoms with E-state index >= 15 is 0 Å². The predicted molar refractivity (Wildman–Crippen MR) is 88.2 cm³/mol. The first-order valence-corrected chi connectivity index (χ1v) is 7.44. The summed E-state index contributed by atoms with van der Waals surface area (Å²) in [5.41, 5.74) is 2.59. The van der Waals surface area contributed by atoms with Gasteiger partial charge in [0.15, 0.2) is 0 Å². The van der Waals surface area contributed by atoms with Gasteiger partial charge < -0.3 is 9.73 Å². The summed E-state index contributed by atoms with van der Waals surface area (Å²) in [6.45, 7) is 4.15. The molecule has 0 aliphatic carbocycles. The summed E-state index contributed by atoms with van der Waals surface area (Å²) < 4.78 is 5.47. The number of carbonyl (C=O) groups is 1. The van der Waals surface area contributed by atoms with Crippen LogP contribution in [-0.2, 0) is 0 Å². The number of nitrogens with one attached hydrogen (secondary N) is 1. The van der Waals surface area contributed by atoms with Crippen molar-refractivity contribution >= 4 is 11.6 Å². The third-order valence-electron chi connectivity index (χ3n) is 3.47. The Morgan fingerprint density at radius 2 is 1.70 bits per heavy atom. The van der Waals surface area contributed by atoms with E-state index < -0.39 is 5.91 Å². The van der Waals surface area contributed by atoms with Gasteiger partial charge in [0.05, 0.1) is 0 Å². The first-order chi connectivity index (χ1) is 11.1. The van der Waals surface area contributed by atoms with Crippen molar-refractivity contribution in [3.8, 4) is 11.5 Å². The highest BCUT2D eigenvalue weighted by Gasteiger charge is 2.17. The zero-order valence-corrected chi connectivity index (χ0v) is 13.0. The van der Waals surface area contributed by atoms with Crippen molar-refractivity contribution in [2.24, 2.45) is 0 Å². The van der Waals surface area contributed by atoms with Crippen LogP contribution in [0, 0.1) is 0 Å². The zero-order valence-electron chi connectivity index (χ0n) is 13.0. The summed E-state index contributed by atoms with van der Waals surface area (Å²) in [5.74, 6) is 0.164. The van der Waals surface area contributed by atoms with Crippen LogP contribution < -0.4 is 5.32 Å². The first-order valence-electron chi connectivity index (χ1n) is 7.44. The van der Waals surface area contributed by atoms with Gasteiger partial charge in [-0.3, -0.25) is 4.79 Å². The average molecular weight is 307 g/mol. The van der Waals surface area contributed by atoms with Crippen LogP contribution in [-0.4, -0.2) is 16.1 Å². The molecular formula is C18H17N3O2. The predicted octanol–water partition coefficient (Wildman–Crippen LogP) is 4.11. The van der Waals surface area contributed by atoms with Crippen LogP contribution in [0.4, 0.5) is 5.69 Å². The molecule has 0 aliphatic heterocycles. The molecule has 3 aromatic rings. The second-order valence-electron chi connectivity index (χ2n) is 5.47. The number of hydrogen-bond acceptors (Lipinski definition) is 4. The highest BCUT2D eigenvalue weighted by molar-refractivity contribution is 6.01. The van der Waals surface area contributed by atoms with E-state index in [0.29, 0.717) is 11.8 Å². The molecule has 23 heavy (non-hydrogen) atoms. The highest BCUT2D eigenvalue weighted by Crippen LogP contribution is 2.24. The van der Waals surface area contributed by atoms with Crippen molar-refractivity contribution in [1.29, 1.82) is 0 Å². The van der Waals surface area contributed by atoms with Crippen LogP contribution in [0.1, 0.15) is 36.0 Å². The molecule has 0 bridgehead atoms. The molecule has 0 spiro atoms. The Labute approximate surface area is 134 Å². The largest absolute Gasteiger partial charge is 0.412 e.